The number of nitro benzene ring substituents is 2. The molecule has 0 radical (unpaired) electrons. The van der Waals surface area contributed by atoms with Gasteiger partial charge in [0.15, 0.2) is 11.6 Å². The summed E-state index contributed by atoms with van der Waals surface area (Å²) in [7, 11) is 0. The molecule has 0 aromatic heterocycles. The van der Waals surface area contributed by atoms with Crippen molar-refractivity contribution in [2.45, 2.75) is 43.7 Å². The number of hydrogen-bond acceptors (Lipinski definition) is 6. The lowest BCUT2D eigenvalue weighted by Crippen LogP contribution is -2.34. The van der Waals surface area contributed by atoms with Crippen LogP contribution >= 0.6 is 23.2 Å². The molecule has 2 saturated heterocycles. The Balaban J connectivity index is 1.22. The number of hydrogen-bond donors (Lipinski definition) is 0. The average Bonchev–Trinajstić information content (AvgIpc) is 3.53. The van der Waals surface area contributed by atoms with Crippen molar-refractivity contribution in [3.05, 3.63) is 150 Å². The number of fused-ring (bicyclic) bond motifs is 1. The fourth-order valence-corrected chi connectivity index (χ4v) is 7.98. The highest BCUT2D eigenvalue weighted by Gasteiger charge is 2.38. The number of halogens is 4. The summed E-state index contributed by atoms with van der Waals surface area (Å²) in [5.41, 5.74) is 1.84. The van der Waals surface area contributed by atoms with Crippen molar-refractivity contribution in [1.82, 2.24) is 0 Å². The highest BCUT2D eigenvalue weighted by molar-refractivity contribution is 6.33. The van der Waals surface area contributed by atoms with Gasteiger partial charge in [-0.05, 0) is 83.3 Å². The van der Waals surface area contributed by atoms with Crippen molar-refractivity contribution in [3.8, 4) is 0 Å². The number of benzene rings is 5. The Morgan fingerprint density at radius 2 is 1.20 bits per heavy atom. The number of nitrogens with zero attached hydrogens (tertiary/aromatic N) is 4. The zero-order valence-electron chi connectivity index (χ0n) is 26.1. The Hall–Kier alpha value is -4.80. The van der Waals surface area contributed by atoms with Crippen LogP contribution in [0, 0.1) is 31.9 Å². The summed E-state index contributed by atoms with van der Waals surface area (Å²) < 4.78 is 32.3. The maximum atomic E-state index is 16.2. The number of rotatable bonds is 7. The molecule has 8 nitrogen and oxygen atoms in total. The van der Waals surface area contributed by atoms with E-state index >= 15 is 8.78 Å². The second-order valence-electron chi connectivity index (χ2n) is 12.5. The lowest BCUT2D eigenvalue weighted by atomic mass is 9.86. The van der Waals surface area contributed by atoms with E-state index in [0.29, 0.717) is 37.1 Å². The maximum absolute atomic E-state index is 16.2. The van der Waals surface area contributed by atoms with Crippen LogP contribution in [-0.4, -0.2) is 22.9 Å². The van der Waals surface area contributed by atoms with Gasteiger partial charge in [-0.2, -0.15) is 0 Å². The van der Waals surface area contributed by atoms with Gasteiger partial charge in [-0.3, -0.25) is 20.2 Å². The van der Waals surface area contributed by atoms with Gasteiger partial charge in [0.05, 0.1) is 21.9 Å². The van der Waals surface area contributed by atoms with Crippen LogP contribution in [0.5, 0.6) is 0 Å². The molecule has 0 amide bonds. The minimum atomic E-state index is -0.729. The van der Waals surface area contributed by atoms with Gasteiger partial charge in [0, 0.05) is 30.9 Å². The molecule has 2 aliphatic heterocycles. The summed E-state index contributed by atoms with van der Waals surface area (Å²) in [4.78, 5) is 25.8. The Morgan fingerprint density at radius 3 is 1.76 bits per heavy atom. The summed E-state index contributed by atoms with van der Waals surface area (Å²) >= 11 is 12.2. The van der Waals surface area contributed by atoms with E-state index in [1.165, 1.54) is 47.3 Å². The molecule has 0 spiro atoms. The molecule has 49 heavy (non-hydrogen) atoms. The first-order chi connectivity index (χ1) is 23.6. The lowest BCUT2D eigenvalue weighted by Gasteiger charge is -2.36. The third kappa shape index (κ3) is 6.15. The fourth-order valence-electron chi connectivity index (χ4n) is 7.60. The van der Waals surface area contributed by atoms with Crippen LogP contribution in [0.1, 0.15) is 60.4 Å². The van der Waals surface area contributed by atoms with Crippen molar-refractivity contribution >= 4 is 56.7 Å². The van der Waals surface area contributed by atoms with Crippen LogP contribution in [0.3, 0.4) is 0 Å². The summed E-state index contributed by atoms with van der Waals surface area (Å²) in [5, 5.41) is 25.7. The van der Waals surface area contributed by atoms with Gasteiger partial charge in [-0.25, -0.2) is 8.78 Å². The molecule has 0 aliphatic carbocycles. The van der Waals surface area contributed by atoms with E-state index in [2.05, 4.69) is 24.3 Å². The number of piperidine rings is 1. The summed E-state index contributed by atoms with van der Waals surface area (Å²) in [6.45, 7) is 0.942. The zero-order valence-corrected chi connectivity index (χ0v) is 27.6. The minimum Gasteiger partial charge on any atom is -0.367 e. The molecule has 5 aromatic rings. The van der Waals surface area contributed by atoms with Gasteiger partial charge in [-0.1, -0.05) is 77.8 Å². The van der Waals surface area contributed by atoms with E-state index in [0.717, 1.165) is 18.2 Å². The molecule has 0 saturated carbocycles. The highest BCUT2D eigenvalue weighted by Crippen LogP contribution is 2.49. The molecule has 0 unspecified atom stereocenters. The molecule has 2 heterocycles. The second kappa shape index (κ2) is 13.2. The summed E-state index contributed by atoms with van der Waals surface area (Å²) in [5.74, 6) is -1.20. The van der Waals surface area contributed by atoms with Crippen molar-refractivity contribution in [2.75, 3.05) is 22.9 Å². The van der Waals surface area contributed by atoms with Crippen LogP contribution in [0.4, 0.5) is 31.5 Å². The van der Waals surface area contributed by atoms with Gasteiger partial charge in [0.1, 0.15) is 15.7 Å². The van der Waals surface area contributed by atoms with E-state index in [4.69, 9.17) is 23.2 Å². The number of anilines is 2. The Labute approximate surface area is 290 Å². The standard InChI is InChI=1S/C37H30Cl2F2N4O4/c38-29-10-8-24(18-35(29)44(46)47)33-12-13-34(25-9-11-30(39)36(19-25)45(48)49)43(33)26-20-31(40)37(32(41)21-26)42-16-14-23(15-17-42)28-7-3-5-22-4-1-2-6-27(22)28/h1-11,18-21,23,33-34H,12-17H2/t33-,34-/m1/s1. The summed E-state index contributed by atoms with van der Waals surface area (Å²) in [6.07, 6.45) is 2.37. The monoisotopic (exact) mass is 702 g/mol. The van der Waals surface area contributed by atoms with Gasteiger partial charge in [-0.15, -0.1) is 0 Å². The first-order valence-electron chi connectivity index (χ1n) is 16.0. The predicted molar refractivity (Wildman–Crippen MR) is 188 cm³/mol. The molecule has 2 aliphatic rings. The van der Waals surface area contributed by atoms with Gasteiger partial charge in [0.2, 0.25) is 0 Å². The Kier molecular flexibility index (Phi) is 8.85. The first-order valence-corrected chi connectivity index (χ1v) is 16.7. The van der Waals surface area contributed by atoms with E-state index in [-0.39, 0.29) is 38.7 Å². The van der Waals surface area contributed by atoms with E-state index in [1.54, 1.807) is 21.9 Å². The van der Waals surface area contributed by atoms with Crippen LogP contribution in [0.15, 0.2) is 91.0 Å². The number of nitro groups is 2. The van der Waals surface area contributed by atoms with E-state index in [9.17, 15) is 20.2 Å². The maximum Gasteiger partial charge on any atom is 0.288 e. The topological polar surface area (TPSA) is 92.8 Å². The highest BCUT2D eigenvalue weighted by atomic mass is 35.5. The van der Waals surface area contributed by atoms with Crippen LogP contribution in [0.25, 0.3) is 10.8 Å². The average molecular weight is 704 g/mol. The molecule has 2 fully saturated rings. The lowest BCUT2D eigenvalue weighted by molar-refractivity contribution is -0.384. The normalized spacial score (nSPS) is 18.3. The predicted octanol–water partition coefficient (Wildman–Crippen LogP) is 10.7. The molecule has 0 N–H and O–H groups in total. The largest absolute Gasteiger partial charge is 0.367 e. The summed E-state index contributed by atoms with van der Waals surface area (Å²) in [6, 6.07) is 24.9. The van der Waals surface area contributed by atoms with Gasteiger partial charge in [0.25, 0.3) is 11.4 Å². The quantitative estimate of drug-likeness (QED) is 0.124. The fraction of sp³-hybridized carbons (Fsp3) is 0.243. The third-order valence-corrected chi connectivity index (χ3v) is 10.5. The SMILES string of the molecule is O=[N+]([O-])c1cc([C@H]2CC[C@H](c3ccc(Cl)c([N+](=O)[O-])c3)N2c2cc(F)c(N3CCC(c4cccc5ccccc45)CC3)c(F)c2)ccc1Cl. The van der Waals surface area contributed by atoms with Crippen molar-refractivity contribution in [1.29, 1.82) is 0 Å². The van der Waals surface area contributed by atoms with Crippen molar-refractivity contribution < 1.29 is 18.6 Å². The van der Waals surface area contributed by atoms with Gasteiger partial charge < -0.3 is 9.80 Å². The molecule has 7 rings (SSSR count). The van der Waals surface area contributed by atoms with Crippen molar-refractivity contribution in [2.24, 2.45) is 0 Å². The molecule has 0 bridgehead atoms. The van der Waals surface area contributed by atoms with Crippen LogP contribution in [0.2, 0.25) is 10.0 Å². The van der Waals surface area contributed by atoms with E-state index in [1.807, 2.05) is 18.2 Å². The van der Waals surface area contributed by atoms with Crippen LogP contribution in [-0.2, 0) is 0 Å². The molecule has 250 valence electrons. The molecule has 12 heteroatoms. The molecular formula is C37H30Cl2F2N4O4. The zero-order chi connectivity index (χ0) is 34.4. The van der Waals surface area contributed by atoms with Crippen molar-refractivity contribution in [3.63, 3.8) is 0 Å². The molecular weight excluding hydrogens is 673 g/mol. The van der Waals surface area contributed by atoms with Crippen LogP contribution < -0.4 is 9.80 Å². The Bertz CT molecular complexity index is 2010. The smallest absolute Gasteiger partial charge is 0.288 e. The molecule has 5 aromatic carbocycles. The van der Waals surface area contributed by atoms with Gasteiger partial charge >= 0.3 is 0 Å². The first kappa shape index (κ1) is 32.7. The molecule has 2 atom stereocenters. The van der Waals surface area contributed by atoms with E-state index < -0.39 is 33.6 Å². The Morgan fingerprint density at radius 1 is 0.673 bits per heavy atom. The third-order valence-electron chi connectivity index (χ3n) is 9.86. The second-order valence-corrected chi connectivity index (χ2v) is 13.4. The minimum absolute atomic E-state index is 0.0335.